The Labute approximate surface area is 162 Å². The molecule has 1 saturated heterocycles. The minimum atomic E-state index is -0.410. The van der Waals surface area contributed by atoms with Crippen molar-refractivity contribution in [1.82, 2.24) is 20.4 Å². The zero-order valence-corrected chi connectivity index (χ0v) is 16.5. The molecule has 4 amide bonds. The molecule has 2 aliphatic carbocycles. The summed E-state index contributed by atoms with van der Waals surface area (Å²) in [5.74, 6) is 0.115. The van der Waals surface area contributed by atoms with Crippen molar-refractivity contribution in [3.05, 3.63) is 0 Å². The van der Waals surface area contributed by atoms with Crippen LogP contribution < -0.4 is 10.6 Å². The van der Waals surface area contributed by atoms with Crippen molar-refractivity contribution in [2.75, 3.05) is 26.2 Å². The van der Waals surface area contributed by atoms with Crippen LogP contribution in [0.2, 0.25) is 0 Å². The Morgan fingerprint density at radius 2 is 1.37 bits per heavy atom. The Bertz CT molecular complexity index is 533. The minimum Gasteiger partial charge on any atom is -0.344 e. The van der Waals surface area contributed by atoms with Crippen molar-refractivity contribution < 1.29 is 14.4 Å². The van der Waals surface area contributed by atoms with Gasteiger partial charge < -0.3 is 20.4 Å². The van der Waals surface area contributed by atoms with E-state index in [4.69, 9.17) is 0 Å². The molecule has 0 radical (unpaired) electrons. The number of carbonyl (C=O) groups excluding carboxylic acids is 3. The molecule has 27 heavy (non-hydrogen) atoms. The standard InChI is InChI=1S/C20H34N4O3/c1-15(25)21-18(16-7-5-6-8-16)19(26)23-11-13-24(14-12-23)20(27)22-17-9-3-2-4-10-17/h16-18H,2-14H2,1H3,(H,21,25)(H,22,27). The molecule has 3 fully saturated rings. The zero-order valence-electron chi connectivity index (χ0n) is 16.5. The van der Waals surface area contributed by atoms with Crippen molar-refractivity contribution in [1.29, 1.82) is 0 Å². The second kappa shape index (κ2) is 9.42. The molecule has 1 unspecified atom stereocenters. The average molecular weight is 379 g/mol. The van der Waals surface area contributed by atoms with E-state index in [2.05, 4.69) is 10.6 Å². The van der Waals surface area contributed by atoms with Crippen molar-refractivity contribution in [3.8, 4) is 0 Å². The van der Waals surface area contributed by atoms with Crippen molar-refractivity contribution in [2.24, 2.45) is 5.92 Å². The third kappa shape index (κ3) is 5.36. The summed E-state index contributed by atoms with van der Waals surface area (Å²) in [6.07, 6.45) is 10.1. The quantitative estimate of drug-likeness (QED) is 0.783. The molecule has 1 atom stereocenters. The summed E-state index contributed by atoms with van der Waals surface area (Å²) in [6, 6.07) is -0.103. The number of carbonyl (C=O) groups is 3. The number of urea groups is 1. The molecule has 0 spiro atoms. The van der Waals surface area contributed by atoms with Crippen LogP contribution in [0.3, 0.4) is 0 Å². The summed E-state index contributed by atoms with van der Waals surface area (Å²) in [5.41, 5.74) is 0. The van der Waals surface area contributed by atoms with Crippen LogP contribution in [0.15, 0.2) is 0 Å². The highest BCUT2D eigenvalue weighted by Crippen LogP contribution is 2.29. The Balaban J connectivity index is 1.49. The fourth-order valence-corrected chi connectivity index (χ4v) is 4.73. The largest absolute Gasteiger partial charge is 0.344 e. The summed E-state index contributed by atoms with van der Waals surface area (Å²) in [7, 11) is 0. The lowest BCUT2D eigenvalue weighted by molar-refractivity contribution is -0.138. The summed E-state index contributed by atoms with van der Waals surface area (Å²) in [5, 5.41) is 6.04. The minimum absolute atomic E-state index is 0.00297. The molecule has 0 aromatic heterocycles. The third-order valence-corrected chi connectivity index (χ3v) is 6.31. The van der Waals surface area contributed by atoms with Crippen LogP contribution in [0, 0.1) is 5.92 Å². The van der Waals surface area contributed by atoms with Crippen molar-refractivity contribution >= 4 is 17.8 Å². The van der Waals surface area contributed by atoms with E-state index in [1.807, 2.05) is 9.80 Å². The zero-order chi connectivity index (χ0) is 19.2. The van der Waals surface area contributed by atoms with Gasteiger partial charge in [0.05, 0.1) is 0 Å². The average Bonchev–Trinajstić information content (AvgIpc) is 3.21. The lowest BCUT2D eigenvalue weighted by Crippen LogP contribution is -2.58. The highest BCUT2D eigenvalue weighted by Gasteiger charge is 2.35. The van der Waals surface area contributed by atoms with E-state index in [-0.39, 0.29) is 23.8 Å². The normalized spacial score (nSPS) is 23.1. The van der Waals surface area contributed by atoms with Gasteiger partial charge in [-0.1, -0.05) is 32.1 Å². The number of piperazine rings is 1. The Morgan fingerprint density at radius 1 is 0.815 bits per heavy atom. The van der Waals surface area contributed by atoms with E-state index in [1.165, 1.54) is 26.2 Å². The molecular weight excluding hydrogens is 344 g/mol. The summed E-state index contributed by atoms with van der Waals surface area (Å²) < 4.78 is 0. The fourth-order valence-electron chi connectivity index (χ4n) is 4.73. The molecule has 0 aromatic rings. The van der Waals surface area contributed by atoms with Crippen LogP contribution in [0.4, 0.5) is 4.79 Å². The van der Waals surface area contributed by atoms with Crippen LogP contribution in [0.5, 0.6) is 0 Å². The maximum Gasteiger partial charge on any atom is 0.317 e. The molecule has 7 nitrogen and oxygen atoms in total. The SMILES string of the molecule is CC(=O)NC(C(=O)N1CCN(C(=O)NC2CCCCC2)CC1)C1CCCC1. The van der Waals surface area contributed by atoms with Crippen molar-refractivity contribution in [3.63, 3.8) is 0 Å². The fraction of sp³-hybridized carbons (Fsp3) is 0.850. The van der Waals surface area contributed by atoms with Crippen LogP contribution >= 0.6 is 0 Å². The van der Waals surface area contributed by atoms with Crippen LogP contribution in [-0.2, 0) is 9.59 Å². The predicted molar refractivity (Wildman–Crippen MR) is 103 cm³/mol. The Kier molecular flexibility index (Phi) is 6.96. The number of hydrogen-bond acceptors (Lipinski definition) is 3. The second-order valence-corrected chi connectivity index (χ2v) is 8.32. The lowest BCUT2D eigenvalue weighted by Gasteiger charge is -2.38. The van der Waals surface area contributed by atoms with Gasteiger partial charge in [0.1, 0.15) is 6.04 Å². The highest BCUT2D eigenvalue weighted by atomic mass is 16.2. The first kappa shape index (κ1) is 20.0. The second-order valence-electron chi connectivity index (χ2n) is 8.32. The Morgan fingerprint density at radius 3 is 1.96 bits per heavy atom. The van der Waals surface area contributed by atoms with Gasteiger partial charge in [0, 0.05) is 39.1 Å². The van der Waals surface area contributed by atoms with Gasteiger partial charge in [0.25, 0.3) is 0 Å². The molecular formula is C20H34N4O3. The van der Waals surface area contributed by atoms with E-state index < -0.39 is 6.04 Å². The number of hydrogen-bond donors (Lipinski definition) is 2. The van der Waals surface area contributed by atoms with Crippen LogP contribution in [0.25, 0.3) is 0 Å². The van der Waals surface area contributed by atoms with Gasteiger partial charge in [-0.25, -0.2) is 4.79 Å². The summed E-state index contributed by atoms with van der Waals surface area (Å²) in [6.45, 7) is 3.67. The molecule has 0 bridgehead atoms. The monoisotopic (exact) mass is 378 g/mol. The van der Waals surface area contributed by atoms with E-state index >= 15 is 0 Å². The molecule has 2 saturated carbocycles. The molecule has 3 rings (SSSR count). The molecule has 1 heterocycles. The predicted octanol–water partition coefficient (Wildman–Crippen LogP) is 1.87. The number of nitrogens with zero attached hydrogens (tertiary/aromatic N) is 2. The van der Waals surface area contributed by atoms with Gasteiger partial charge in [0.2, 0.25) is 11.8 Å². The maximum atomic E-state index is 13.0. The first-order valence-electron chi connectivity index (χ1n) is 10.7. The first-order chi connectivity index (χ1) is 13.0. The highest BCUT2D eigenvalue weighted by molar-refractivity contribution is 5.87. The van der Waals surface area contributed by atoms with Gasteiger partial charge in [-0.3, -0.25) is 9.59 Å². The molecule has 3 aliphatic rings. The molecule has 152 valence electrons. The van der Waals surface area contributed by atoms with Gasteiger partial charge in [0.15, 0.2) is 0 Å². The number of nitrogens with one attached hydrogen (secondary N) is 2. The van der Waals surface area contributed by atoms with E-state index in [0.29, 0.717) is 32.2 Å². The summed E-state index contributed by atoms with van der Waals surface area (Å²) >= 11 is 0. The van der Waals surface area contributed by atoms with Crippen LogP contribution in [0.1, 0.15) is 64.7 Å². The van der Waals surface area contributed by atoms with Gasteiger partial charge in [-0.2, -0.15) is 0 Å². The van der Waals surface area contributed by atoms with Crippen molar-refractivity contribution in [2.45, 2.75) is 76.8 Å². The lowest BCUT2D eigenvalue weighted by atomic mass is 9.95. The molecule has 7 heteroatoms. The molecule has 2 N–H and O–H groups in total. The third-order valence-electron chi connectivity index (χ3n) is 6.31. The smallest absolute Gasteiger partial charge is 0.317 e. The Hall–Kier alpha value is -1.79. The number of rotatable bonds is 4. The van der Waals surface area contributed by atoms with Gasteiger partial charge >= 0.3 is 6.03 Å². The van der Waals surface area contributed by atoms with Crippen LogP contribution in [-0.4, -0.2) is 65.9 Å². The molecule has 0 aromatic carbocycles. The summed E-state index contributed by atoms with van der Waals surface area (Å²) in [4.78, 5) is 40.7. The number of amides is 4. The van der Waals surface area contributed by atoms with Gasteiger partial charge in [-0.05, 0) is 31.6 Å². The van der Waals surface area contributed by atoms with E-state index in [0.717, 1.165) is 38.5 Å². The van der Waals surface area contributed by atoms with E-state index in [9.17, 15) is 14.4 Å². The first-order valence-corrected chi connectivity index (χ1v) is 10.7. The van der Waals surface area contributed by atoms with Gasteiger partial charge in [-0.15, -0.1) is 0 Å². The maximum absolute atomic E-state index is 13.0. The van der Waals surface area contributed by atoms with E-state index in [1.54, 1.807) is 0 Å². The topological polar surface area (TPSA) is 81.8 Å². The molecule has 1 aliphatic heterocycles.